The van der Waals surface area contributed by atoms with E-state index < -0.39 is 0 Å². The number of phenols is 1. The first-order valence-corrected chi connectivity index (χ1v) is 6.80. The van der Waals surface area contributed by atoms with E-state index in [9.17, 15) is 9.90 Å². The number of benzene rings is 1. The minimum absolute atomic E-state index is 0.00223. The highest BCUT2D eigenvalue weighted by molar-refractivity contribution is 6.32. The van der Waals surface area contributed by atoms with Crippen molar-refractivity contribution >= 4 is 23.2 Å². The molecule has 4 heteroatoms. The summed E-state index contributed by atoms with van der Waals surface area (Å²) in [5.41, 5.74) is 0.615. The molecule has 0 spiro atoms. The molecule has 3 unspecified atom stereocenters. The number of halogens is 1. The lowest BCUT2D eigenvalue weighted by Crippen LogP contribution is -2.27. The molecule has 2 aliphatic rings. The topological polar surface area (TPSA) is 49.3 Å². The number of anilines is 1. The molecule has 18 heavy (non-hydrogen) atoms. The molecule has 2 bridgehead atoms. The van der Waals surface area contributed by atoms with Gasteiger partial charge in [-0.1, -0.05) is 18.0 Å². The van der Waals surface area contributed by atoms with Gasteiger partial charge >= 0.3 is 0 Å². The Balaban J connectivity index is 1.69. The second-order valence-electron chi connectivity index (χ2n) is 5.44. The second-order valence-corrected chi connectivity index (χ2v) is 5.84. The highest BCUT2D eigenvalue weighted by atomic mass is 35.5. The number of aromatic hydroxyl groups is 1. The van der Waals surface area contributed by atoms with Crippen LogP contribution in [0.3, 0.4) is 0 Å². The lowest BCUT2D eigenvalue weighted by molar-refractivity contribution is -0.121. The van der Waals surface area contributed by atoms with E-state index in [0.29, 0.717) is 16.6 Å². The van der Waals surface area contributed by atoms with Gasteiger partial charge in [-0.2, -0.15) is 0 Å². The van der Waals surface area contributed by atoms with Crippen molar-refractivity contribution in [3.8, 4) is 5.75 Å². The monoisotopic (exact) mass is 265 g/mol. The molecule has 2 aliphatic carbocycles. The normalized spacial score (nSPS) is 29.5. The largest absolute Gasteiger partial charge is 0.506 e. The molecule has 3 nitrogen and oxygen atoms in total. The second kappa shape index (κ2) is 4.47. The van der Waals surface area contributed by atoms with Gasteiger partial charge in [0.25, 0.3) is 0 Å². The Morgan fingerprint density at radius 3 is 2.78 bits per heavy atom. The molecule has 0 heterocycles. The molecule has 3 rings (SSSR count). The first-order chi connectivity index (χ1) is 8.63. The average Bonchev–Trinajstić information content (AvgIpc) is 2.96. The molecule has 2 N–H and O–H groups in total. The van der Waals surface area contributed by atoms with Crippen LogP contribution in [0.1, 0.15) is 25.7 Å². The van der Waals surface area contributed by atoms with Crippen LogP contribution >= 0.6 is 11.6 Å². The van der Waals surface area contributed by atoms with Crippen LogP contribution in [0.5, 0.6) is 5.75 Å². The third kappa shape index (κ3) is 2.07. The number of nitrogens with one attached hydrogen (secondary N) is 1. The van der Waals surface area contributed by atoms with Crippen LogP contribution in [0, 0.1) is 17.8 Å². The van der Waals surface area contributed by atoms with Crippen LogP contribution in [-0.2, 0) is 4.79 Å². The fourth-order valence-electron chi connectivity index (χ4n) is 3.39. The highest BCUT2D eigenvalue weighted by Crippen LogP contribution is 2.48. The lowest BCUT2D eigenvalue weighted by atomic mass is 9.88. The Morgan fingerprint density at radius 1 is 1.33 bits per heavy atom. The number of amides is 1. The summed E-state index contributed by atoms with van der Waals surface area (Å²) in [4.78, 5) is 12.2. The lowest BCUT2D eigenvalue weighted by Gasteiger charge is -2.20. The van der Waals surface area contributed by atoms with E-state index in [4.69, 9.17) is 11.6 Å². The van der Waals surface area contributed by atoms with Crippen LogP contribution in [0.2, 0.25) is 5.02 Å². The molecule has 0 radical (unpaired) electrons. The van der Waals surface area contributed by atoms with Crippen LogP contribution in [0.25, 0.3) is 0 Å². The van der Waals surface area contributed by atoms with Gasteiger partial charge in [0, 0.05) is 17.7 Å². The zero-order chi connectivity index (χ0) is 12.7. The number of hydrogen-bond acceptors (Lipinski definition) is 2. The maximum Gasteiger partial charge on any atom is 0.227 e. The quantitative estimate of drug-likeness (QED) is 0.861. The third-order valence-electron chi connectivity index (χ3n) is 4.29. The average molecular weight is 266 g/mol. The maximum atomic E-state index is 12.2. The van der Waals surface area contributed by atoms with Gasteiger partial charge in [-0.05, 0) is 43.2 Å². The molecule has 1 aromatic rings. The fourth-order valence-corrected chi connectivity index (χ4v) is 3.51. The Morgan fingerprint density at radius 2 is 2.17 bits per heavy atom. The van der Waals surface area contributed by atoms with Crippen LogP contribution in [0.4, 0.5) is 5.69 Å². The number of phenolic OH excluding ortho intramolecular Hbond substituents is 1. The number of carbonyl (C=O) groups excluding carboxylic acids is 1. The summed E-state index contributed by atoms with van der Waals surface area (Å²) in [6, 6.07) is 4.80. The van der Waals surface area contributed by atoms with Crippen LogP contribution in [0.15, 0.2) is 18.2 Å². The maximum absolute atomic E-state index is 12.2. The van der Waals surface area contributed by atoms with Crippen molar-refractivity contribution in [1.29, 1.82) is 0 Å². The van der Waals surface area contributed by atoms with Gasteiger partial charge in [0.05, 0.1) is 5.02 Å². The van der Waals surface area contributed by atoms with Crippen molar-refractivity contribution < 1.29 is 9.90 Å². The van der Waals surface area contributed by atoms with E-state index in [1.807, 2.05) is 0 Å². The molecule has 1 amide bonds. The summed E-state index contributed by atoms with van der Waals surface area (Å²) >= 11 is 5.73. The molecule has 1 aromatic carbocycles. The fraction of sp³-hybridized carbons (Fsp3) is 0.500. The summed E-state index contributed by atoms with van der Waals surface area (Å²) in [7, 11) is 0. The predicted octanol–water partition coefficient (Wildman–Crippen LogP) is 3.42. The molecular weight excluding hydrogens is 250 g/mol. The van der Waals surface area contributed by atoms with E-state index in [2.05, 4.69) is 5.32 Å². The number of carbonyl (C=O) groups is 1. The highest BCUT2D eigenvalue weighted by Gasteiger charge is 2.42. The Bertz CT molecular complexity index is 489. The van der Waals surface area contributed by atoms with Crippen molar-refractivity contribution in [3.63, 3.8) is 0 Å². The van der Waals surface area contributed by atoms with E-state index in [0.717, 1.165) is 12.3 Å². The molecule has 3 atom stereocenters. The van der Waals surface area contributed by atoms with E-state index in [1.165, 1.54) is 25.3 Å². The van der Waals surface area contributed by atoms with Crippen LogP contribution in [-0.4, -0.2) is 11.0 Å². The van der Waals surface area contributed by atoms with E-state index >= 15 is 0 Å². The van der Waals surface area contributed by atoms with Crippen molar-refractivity contribution in [2.24, 2.45) is 17.8 Å². The number of fused-ring (bicyclic) bond motifs is 2. The molecule has 0 aliphatic heterocycles. The van der Waals surface area contributed by atoms with Gasteiger partial charge < -0.3 is 10.4 Å². The Hall–Kier alpha value is -1.22. The molecular formula is C14H16ClNO2. The molecule has 96 valence electrons. The van der Waals surface area contributed by atoms with Crippen molar-refractivity contribution in [3.05, 3.63) is 23.2 Å². The summed E-state index contributed by atoms with van der Waals surface area (Å²) in [6.45, 7) is 0. The molecule has 2 fully saturated rings. The summed E-state index contributed by atoms with van der Waals surface area (Å²) in [5, 5.41) is 12.7. The first kappa shape index (κ1) is 11.8. The Kier molecular flexibility index (Phi) is 2.94. The van der Waals surface area contributed by atoms with Crippen LogP contribution < -0.4 is 5.32 Å². The van der Waals surface area contributed by atoms with E-state index in [1.54, 1.807) is 12.1 Å². The Labute approximate surface area is 111 Å². The standard InChI is InChI=1S/C14H16ClNO2/c15-12-4-3-10(7-13(12)17)16-14(18)11-6-8-1-2-9(11)5-8/h3-4,7-9,11,17H,1-2,5-6H2,(H,16,18). The molecule has 2 saturated carbocycles. The van der Waals surface area contributed by atoms with Crippen molar-refractivity contribution in [2.75, 3.05) is 5.32 Å². The summed E-state index contributed by atoms with van der Waals surface area (Å²) in [5.74, 6) is 1.56. The molecule has 0 saturated heterocycles. The predicted molar refractivity (Wildman–Crippen MR) is 70.7 cm³/mol. The van der Waals surface area contributed by atoms with Gasteiger partial charge in [-0.3, -0.25) is 4.79 Å². The number of hydrogen-bond donors (Lipinski definition) is 2. The summed E-state index contributed by atoms with van der Waals surface area (Å²) < 4.78 is 0. The minimum atomic E-state index is 0.00223. The van der Waals surface area contributed by atoms with Gasteiger partial charge in [-0.15, -0.1) is 0 Å². The SMILES string of the molecule is O=C(Nc1ccc(Cl)c(O)c1)C1CC2CCC1C2. The smallest absolute Gasteiger partial charge is 0.227 e. The summed E-state index contributed by atoms with van der Waals surface area (Å²) in [6.07, 6.45) is 4.71. The van der Waals surface area contributed by atoms with Gasteiger partial charge in [0.2, 0.25) is 5.91 Å². The minimum Gasteiger partial charge on any atom is -0.506 e. The first-order valence-electron chi connectivity index (χ1n) is 6.43. The van der Waals surface area contributed by atoms with Crippen molar-refractivity contribution in [1.82, 2.24) is 0 Å². The third-order valence-corrected chi connectivity index (χ3v) is 4.61. The van der Waals surface area contributed by atoms with Gasteiger partial charge in [-0.25, -0.2) is 0 Å². The van der Waals surface area contributed by atoms with E-state index in [-0.39, 0.29) is 17.6 Å². The zero-order valence-electron chi connectivity index (χ0n) is 10.0. The zero-order valence-corrected chi connectivity index (χ0v) is 10.8. The van der Waals surface area contributed by atoms with Gasteiger partial charge in [0.1, 0.15) is 5.75 Å². The van der Waals surface area contributed by atoms with Crippen molar-refractivity contribution in [2.45, 2.75) is 25.7 Å². The van der Waals surface area contributed by atoms with Gasteiger partial charge in [0.15, 0.2) is 0 Å². The molecule has 0 aromatic heterocycles. The number of rotatable bonds is 2.